The number of rotatable bonds is 4. The van der Waals surface area contributed by atoms with Gasteiger partial charge in [-0.05, 0) is 25.1 Å². The number of benzene rings is 1. The third-order valence-electron chi connectivity index (χ3n) is 7.37. The number of alkyl carbamates (subject to hydrolysis) is 1. The monoisotopic (exact) mass is 481 g/mol. The quantitative estimate of drug-likeness (QED) is 0.674. The summed E-state index contributed by atoms with van der Waals surface area (Å²) >= 11 is 0. The minimum absolute atomic E-state index is 0.0114. The highest BCUT2D eigenvalue weighted by atomic mass is 19.4. The lowest BCUT2D eigenvalue weighted by Crippen LogP contribution is -2.61. The number of aliphatic hydroxyl groups excluding tert-OH is 1. The molecule has 0 aliphatic carbocycles. The Morgan fingerprint density at radius 2 is 2.21 bits per heavy atom. The number of carbonyl (C=O) groups is 2. The molecule has 2 bridgehead atoms. The molecule has 0 unspecified atom stereocenters. The van der Waals surface area contributed by atoms with Crippen LogP contribution >= 0.6 is 0 Å². The van der Waals surface area contributed by atoms with Crippen LogP contribution in [0.15, 0.2) is 18.2 Å². The van der Waals surface area contributed by atoms with Gasteiger partial charge in [0.05, 0.1) is 59.5 Å². The molecule has 1 aromatic rings. The highest BCUT2D eigenvalue weighted by molar-refractivity contribution is 6.00. The van der Waals surface area contributed by atoms with E-state index in [1.165, 1.54) is 17.0 Å². The van der Waals surface area contributed by atoms with Crippen molar-refractivity contribution in [2.24, 2.45) is 11.8 Å². The summed E-state index contributed by atoms with van der Waals surface area (Å²) in [5, 5.41) is 20.8. The van der Waals surface area contributed by atoms with Crippen LogP contribution in [-0.4, -0.2) is 60.4 Å². The summed E-state index contributed by atoms with van der Waals surface area (Å²) in [5.74, 6) is -1.62. The molecule has 12 heteroatoms. The number of ether oxygens (including phenoxy) is 3. The van der Waals surface area contributed by atoms with E-state index in [9.17, 15) is 22.8 Å². The Kier molecular flexibility index (Phi) is 5.09. The average Bonchev–Trinajstić information content (AvgIpc) is 3.34. The summed E-state index contributed by atoms with van der Waals surface area (Å²) in [6.07, 6.45) is -5.69. The molecular formula is C22H22F3N3O6. The van der Waals surface area contributed by atoms with Crippen LogP contribution in [0.25, 0.3) is 0 Å². The van der Waals surface area contributed by atoms with Crippen molar-refractivity contribution in [3.05, 3.63) is 29.3 Å². The predicted octanol–water partition coefficient (Wildman–Crippen LogP) is 1.92. The first kappa shape index (κ1) is 22.9. The van der Waals surface area contributed by atoms with E-state index in [1.807, 2.05) is 0 Å². The third-order valence-corrected chi connectivity index (χ3v) is 7.37. The normalized spacial score (nSPS) is 35.8. The van der Waals surface area contributed by atoms with Crippen LogP contribution in [0.4, 0.5) is 23.7 Å². The van der Waals surface area contributed by atoms with E-state index < -0.39 is 64.6 Å². The van der Waals surface area contributed by atoms with E-state index in [0.29, 0.717) is 12.8 Å². The second-order valence-electron chi connectivity index (χ2n) is 9.19. The Morgan fingerprint density at radius 1 is 1.44 bits per heavy atom. The number of anilines is 1. The maximum Gasteiger partial charge on any atom is 0.417 e. The smallest absolute Gasteiger partial charge is 0.417 e. The molecule has 4 saturated heterocycles. The molecule has 5 rings (SSSR count). The molecule has 4 aliphatic heterocycles. The Labute approximate surface area is 192 Å². The van der Waals surface area contributed by atoms with E-state index in [0.717, 1.165) is 12.1 Å². The van der Waals surface area contributed by atoms with Gasteiger partial charge >= 0.3 is 12.3 Å². The van der Waals surface area contributed by atoms with Crippen LogP contribution in [0.5, 0.6) is 0 Å². The fourth-order valence-electron chi connectivity index (χ4n) is 6.23. The Morgan fingerprint density at radius 3 is 2.88 bits per heavy atom. The topological polar surface area (TPSA) is 121 Å². The number of nitrogens with one attached hydrogen (secondary N) is 1. The molecule has 1 spiro atoms. The summed E-state index contributed by atoms with van der Waals surface area (Å²) in [6.45, 7) is 1.43. The number of hydrogen-bond donors (Lipinski definition) is 2. The van der Waals surface area contributed by atoms with Crippen molar-refractivity contribution < 1.29 is 42.1 Å². The number of carbonyl (C=O) groups excluding carboxylic acids is 2. The van der Waals surface area contributed by atoms with Crippen LogP contribution in [-0.2, 0) is 25.2 Å². The molecule has 0 aromatic heterocycles. The molecule has 2 amide bonds. The van der Waals surface area contributed by atoms with Gasteiger partial charge in [-0.2, -0.15) is 18.4 Å². The summed E-state index contributed by atoms with van der Waals surface area (Å²) in [5.41, 5.74) is -3.59. The van der Waals surface area contributed by atoms with Crippen LogP contribution in [0, 0.1) is 23.2 Å². The number of hydrogen-bond acceptors (Lipinski definition) is 7. The highest BCUT2D eigenvalue weighted by Gasteiger charge is 2.78. The van der Waals surface area contributed by atoms with Gasteiger partial charge in [-0.1, -0.05) is 0 Å². The zero-order valence-corrected chi connectivity index (χ0v) is 18.1. The molecule has 182 valence electrons. The van der Waals surface area contributed by atoms with Gasteiger partial charge in [0.2, 0.25) is 5.91 Å². The first-order valence-electron chi connectivity index (χ1n) is 10.9. The number of fused-ring (bicyclic) bond motifs is 2. The number of nitriles is 1. The zero-order valence-electron chi connectivity index (χ0n) is 18.1. The van der Waals surface area contributed by atoms with Crippen molar-refractivity contribution in [3.8, 4) is 6.07 Å². The molecule has 0 radical (unpaired) electrons. The highest BCUT2D eigenvalue weighted by Crippen LogP contribution is 2.65. The first-order chi connectivity index (χ1) is 16.1. The van der Waals surface area contributed by atoms with Gasteiger partial charge in [-0.25, -0.2) is 4.79 Å². The maximum absolute atomic E-state index is 13.6. The van der Waals surface area contributed by atoms with Gasteiger partial charge < -0.3 is 24.6 Å². The Hall–Kier alpha value is -2.88. The lowest BCUT2D eigenvalue weighted by molar-refractivity contribution is -0.144. The number of alkyl halides is 3. The summed E-state index contributed by atoms with van der Waals surface area (Å²) in [7, 11) is 0. The molecule has 4 fully saturated rings. The average molecular weight is 481 g/mol. The lowest BCUT2D eigenvalue weighted by atomic mass is 9.64. The van der Waals surface area contributed by atoms with Gasteiger partial charge in [0.1, 0.15) is 12.8 Å². The molecular weight excluding hydrogens is 459 g/mol. The SMILES string of the molecule is C[C@@]12C[C@H](NC(=O)OCCO)[C@]3(CCO[C@H]4[C@@H]3[C@@H]1C(=O)N4c1ccc(C#N)c(C(F)(F)F)c1)O2. The molecule has 6 atom stereocenters. The van der Waals surface area contributed by atoms with Crippen LogP contribution in [0.3, 0.4) is 0 Å². The van der Waals surface area contributed by atoms with Gasteiger partial charge in [-0.3, -0.25) is 9.69 Å². The third kappa shape index (κ3) is 3.10. The minimum Gasteiger partial charge on any atom is -0.447 e. The van der Waals surface area contributed by atoms with Crippen molar-refractivity contribution in [1.82, 2.24) is 5.32 Å². The molecule has 4 aliphatic rings. The Bertz CT molecular complexity index is 1090. The fraction of sp³-hybridized carbons (Fsp3) is 0.591. The van der Waals surface area contributed by atoms with Crippen LogP contribution < -0.4 is 10.2 Å². The zero-order chi connectivity index (χ0) is 24.5. The van der Waals surface area contributed by atoms with E-state index in [4.69, 9.17) is 24.6 Å². The van der Waals surface area contributed by atoms with Crippen molar-refractivity contribution in [3.63, 3.8) is 0 Å². The molecule has 4 heterocycles. The van der Waals surface area contributed by atoms with Crippen LogP contribution in [0.2, 0.25) is 0 Å². The van der Waals surface area contributed by atoms with Crippen molar-refractivity contribution >= 4 is 17.7 Å². The summed E-state index contributed by atoms with van der Waals surface area (Å²) in [6, 6.07) is 4.19. The van der Waals surface area contributed by atoms with Crippen molar-refractivity contribution in [2.45, 2.75) is 49.4 Å². The number of aliphatic hydroxyl groups is 1. The van der Waals surface area contributed by atoms with E-state index in [-0.39, 0.29) is 25.5 Å². The lowest BCUT2D eigenvalue weighted by Gasteiger charge is -2.45. The van der Waals surface area contributed by atoms with Crippen LogP contribution in [0.1, 0.15) is 30.9 Å². The van der Waals surface area contributed by atoms with Gasteiger partial charge in [0.25, 0.3) is 0 Å². The standard InChI is InChI=1S/C22H22F3N3O6/c1-20-9-14(27-19(31)33-7-5-29)21(34-20)4-6-32-18-16(21)15(20)17(30)28(18)12-3-2-11(10-26)13(8-12)22(23,24)25/h2-3,8,14-16,18,29H,4-7,9H2,1H3,(H,27,31)/t14-,15+,16-,18-,20+,21-/m0/s1. The minimum atomic E-state index is -4.77. The van der Waals surface area contributed by atoms with Gasteiger partial charge in [0.15, 0.2) is 0 Å². The molecule has 9 nitrogen and oxygen atoms in total. The first-order valence-corrected chi connectivity index (χ1v) is 10.9. The van der Waals surface area contributed by atoms with Gasteiger partial charge in [-0.15, -0.1) is 0 Å². The largest absolute Gasteiger partial charge is 0.447 e. The number of halogens is 3. The van der Waals surface area contributed by atoms with E-state index in [2.05, 4.69) is 5.32 Å². The Balaban J connectivity index is 1.51. The molecule has 2 N–H and O–H groups in total. The maximum atomic E-state index is 13.6. The number of amides is 2. The van der Waals surface area contributed by atoms with Gasteiger partial charge in [0, 0.05) is 18.5 Å². The molecule has 34 heavy (non-hydrogen) atoms. The second-order valence-corrected chi connectivity index (χ2v) is 9.19. The van der Waals surface area contributed by atoms with E-state index >= 15 is 0 Å². The van der Waals surface area contributed by atoms with E-state index in [1.54, 1.807) is 6.92 Å². The van der Waals surface area contributed by atoms with Crippen molar-refractivity contribution in [1.29, 1.82) is 5.26 Å². The number of nitrogens with zero attached hydrogens (tertiary/aromatic N) is 2. The fourth-order valence-corrected chi connectivity index (χ4v) is 6.23. The van der Waals surface area contributed by atoms with Crippen molar-refractivity contribution in [2.75, 3.05) is 24.7 Å². The summed E-state index contributed by atoms with van der Waals surface area (Å²) in [4.78, 5) is 27.0. The summed E-state index contributed by atoms with van der Waals surface area (Å²) < 4.78 is 57.9. The molecule has 1 aromatic carbocycles. The molecule has 0 saturated carbocycles. The predicted molar refractivity (Wildman–Crippen MR) is 107 cm³/mol. The second kappa shape index (κ2) is 7.56.